The molecule has 1 aromatic rings. The zero-order valence-corrected chi connectivity index (χ0v) is 30.5. The van der Waals surface area contributed by atoms with Gasteiger partial charge in [0, 0.05) is 30.9 Å². The van der Waals surface area contributed by atoms with E-state index in [1.54, 1.807) is 0 Å². The number of aliphatic hydroxyl groups is 1. The topological polar surface area (TPSA) is 157 Å². The number of benzene rings is 1. The third kappa shape index (κ3) is 11.3. The lowest BCUT2D eigenvalue weighted by Crippen LogP contribution is -2.64. The lowest BCUT2D eigenvalue weighted by Gasteiger charge is -2.47. The van der Waals surface area contributed by atoms with Gasteiger partial charge in [-0.2, -0.15) is 0 Å². The van der Waals surface area contributed by atoms with Crippen molar-refractivity contribution in [1.29, 1.82) is 0 Å². The van der Waals surface area contributed by atoms with Gasteiger partial charge >= 0.3 is 0 Å². The Balaban J connectivity index is 1.91. The molecule has 0 spiro atoms. The highest BCUT2D eigenvalue weighted by Crippen LogP contribution is 2.39. The highest BCUT2D eigenvalue weighted by atomic mass is 32.2. The minimum atomic E-state index is -3.82. The Hall–Kier alpha value is -2.54. The standard InChI is InChI=1S/C35H59N5O6S/c1-23(2)36-20-30(42)38-31(35(6,7)47(8,45)46)33(44)37-27(18-24-14-10-9-11-15-24)29(41)22-40-21-26-17-13-12-16-25(26)19-28(40)32(43)39-34(3,4)5/h9-11,14-15,23,25-29,31,36,41H,12-13,16-22H2,1-8H3,(H,37,44)(H,38,42)(H,39,43)/t25-,26+,27-,28-,29+,31+/m0/s1. The van der Waals surface area contributed by atoms with Crippen LogP contribution in [0.5, 0.6) is 0 Å². The van der Waals surface area contributed by atoms with Crippen LogP contribution in [0.4, 0.5) is 0 Å². The molecular weight excluding hydrogens is 618 g/mol. The van der Waals surface area contributed by atoms with E-state index in [1.807, 2.05) is 65.0 Å². The van der Waals surface area contributed by atoms with Crippen LogP contribution < -0.4 is 21.3 Å². The fourth-order valence-corrected chi connectivity index (χ4v) is 7.28. The molecule has 12 heteroatoms. The third-order valence-corrected chi connectivity index (χ3v) is 11.9. The molecule has 1 saturated heterocycles. The minimum Gasteiger partial charge on any atom is -0.390 e. The summed E-state index contributed by atoms with van der Waals surface area (Å²) in [5.41, 5.74) is 0.458. The second kappa shape index (κ2) is 16.2. The Morgan fingerprint density at radius 3 is 2.17 bits per heavy atom. The van der Waals surface area contributed by atoms with Crippen molar-refractivity contribution >= 4 is 27.6 Å². The third-order valence-electron chi connectivity index (χ3n) is 9.70. The minimum absolute atomic E-state index is 0.00864. The number of nitrogens with zero attached hydrogens (tertiary/aromatic N) is 1. The summed E-state index contributed by atoms with van der Waals surface area (Å²) in [5.74, 6) is -0.387. The number of carbonyl (C=O) groups excluding carboxylic acids is 3. The first-order chi connectivity index (χ1) is 21.8. The van der Waals surface area contributed by atoms with E-state index in [4.69, 9.17) is 0 Å². The van der Waals surface area contributed by atoms with Gasteiger partial charge in [-0.1, -0.05) is 63.4 Å². The van der Waals surface area contributed by atoms with Crippen molar-refractivity contribution in [2.24, 2.45) is 11.8 Å². The second-order valence-electron chi connectivity index (χ2n) is 15.5. The number of piperidine rings is 1. The van der Waals surface area contributed by atoms with Crippen LogP contribution in [0.3, 0.4) is 0 Å². The van der Waals surface area contributed by atoms with E-state index in [0.29, 0.717) is 18.4 Å². The summed E-state index contributed by atoms with van der Waals surface area (Å²) < 4.78 is 24.1. The molecule has 266 valence electrons. The molecular formula is C35H59N5O6S. The number of hydrogen-bond donors (Lipinski definition) is 5. The van der Waals surface area contributed by atoms with Crippen LogP contribution in [-0.2, 0) is 30.6 Å². The molecule has 0 aromatic heterocycles. The number of amides is 3. The maximum Gasteiger partial charge on any atom is 0.244 e. The molecule has 0 bridgehead atoms. The number of carbonyl (C=O) groups is 3. The molecule has 3 rings (SSSR count). The maximum atomic E-state index is 14.0. The normalized spacial score (nSPS) is 22.9. The summed E-state index contributed by atoms with van der Waals surface area (Å²) in [6.07, 6.45) is 5.43. The number of likely N-dealkylation sites (tertiary alicyclic amines) is 1. The number of β-amino-alcohol motifs (C(OH)–C–C–N with tert-alkyl or cyclic N) is 1. The number of sulfone groups is 1. The monoisotopic (exact) mass is 677 g/mol. The first-order valence-corrected chi connectivity index (χ1v) is 19.0. The zero-order valence-electron chi connectivity index (χ0n) is 29.6. The van der Waals surface area contributed by atoms with Crippen LogP contribution in [0.2, 0.25) is 0 Å². The van der Waals surface area contributed by atoms with Gasteiger partial charge in [-0.25, -0.2) is 8.42 Å². The quantitative estimate of drug-likeness (QED) is 0.201. The molecule has 1 aliphatic heterocycles. The second-order valence-corrected chi connectivity index (χ2v) is 18.1. The molecule has 1 saturated carbocycles. The Morgan fingerprint density at radius 1 is 0.979 bits per heavy atom. The van der Waals surface area contributed by atoms with E-state index in [1.165, 1.54) is 13.8 Å². The maximum absolute atomic E-state index is 14.0. The van der Waals surface area contributed by atoms with Gasteiger partial charge in [0.05, 0.1) is 29.5 Å². The molecule has 47 heavy (non-hydrogen) atoms. The Kier molecular flexibility index (Phi) is 13.4. The molecule has 1 aliphatic carbocycles. The lowest BCUT2D eigenvalue weighted by molar-refractivity contribution is -0.133. The molecule has 0 unspecified atom stereocenters. The first-order valence-electron chi connectivity index (χ1n) is 17.1. The summed E-state index contributed by atoms with van der Waals surface area (Å²) in [5, 5.41) is 23.6. The van der Waals surface area contributed by atoms with E-state index in [2.05, 4.69) is 26.2 Å². The Labute approximate surface area is 282 Å². The zero-order chi connectivity index (χ0) is 35.2. The van der Waals surface area contributed by atoms with E-state index >= 15 is 0 Å². The summed E-state index contributed by atoms with van der Waals surface area (Å²) in [7, 11) is -3.82. The Bertz CT molecular complexity index is 1310. The van der Waals surface area contributed by atoms with Crippen LogP contribution in [0.25, 0.3) is 0 Å². The van der Waals surface area contributed by atoms with Gasteiger partial charge in [0.15, 0.2) is 9.84 Å². The van der Waals surface area contributed by atoms with Crippen LogP contribution in [0.15, 0.2) is 30.3 Å². The van der Waals surface area contributed by atoms with Gasteiger partial charge in [0.1, 0.15) is 6.04 Å². The van der Waals surface area contributed by atoms with Crippen molar-refractivity contribution < 1.29 is 27.9 Å². The van der Waals surface area contributed by atoms with E-state index in [0.717, 1.165) is 43.9 Å². The number of rotatable bonds is 14. The van der Waals surface area contributed by atoms with Crippen LogP contribution in [0.1, 0.15) is 86.1 Å². The number of nitrogens with one attached hydrogen (secondary N) is 4. The highest BCUT2D eigenvalue weighted by Gasteiger charge is 2.46. The predicted molar refractivity (Wildman–Crippen MR) is 185 cm³/mol. The van der Waals surface area contributed by atoms with Crippen molar-refractivity contribution in [3.63, 3.8) is 0 Å². The number of hydrogen-bond acceptors (Lipinski definition) is 8. The average Bonchev–Trinajstić information content (AvgIpc) is 2.97. The van der Waals surface area contributed by atoms with Crippen molar-refractivity contribution in [1.82, 2.24) is 26.2 Å². The summed E-state index contributed by atoms with van der Waals surface area (Å²) >= 11 is 0. The van der Waals surface area contributed by atoms with Crippen molar-refractivity contribution in [2.45, 2.75) is 128 Å². The number of aliphatic hydroxyl groups excluding tert-OH is 1. The van der Waals surface area contributed by atoms with Gasteiger partial charge in [-0.15, -0.1) is 0 Å². The van der Waals surface area contributed by atoms with Crippen molar-refractivity contribution in [2.75, 3.05) is 25.9 Å². The largest absolute Gasteiger partial charge is 0.390 e. The molecule has 3 amide bonds. The van der Waals surface area contributed by atoms with Gasteiger partial charge in [-0.05, 0) is 71.3 Å². The summed E-state index contributed by atoms with van der Waals surface area (Å²) in [4.78, 5) is 42.6. The molecule has 1 heterocycles. The van der Waals surface area contributed by atoms with Gasteiger partial charge < -0.3 is 26.4 Å². The Morgan fingerprint density at radius 2 is 1.60 bits per heavy atom. The van der Waals surface area contributed by atoms with Crippen LogP contribution >= 0.6 is 0 Å². The molecule has 11 nitrogen and oxygen atoms in total. The SMILES string of the molecule is CC(C)NCC(=O)N[C@H](C(=O)N[C@@H](Cc1ccccc1)[C@H](O)CN1C[C@H]2CCCC[C@H]2C[C@H]1C(=O)NC(C)(C)C)C(C)(C)S(C)(=O)=O. The predicted octanol–water partition coefficient (Wildman–Crippen LogP) is 2.18. The van der Waals surface area contributed by atoms with Crippen LogP contribution in [0, 0.1) is 11.8 Å². The molecule has 1 aromatic carbocycles. The fourth-order valence-electron chi connectivity index (χ4n) is 6.69. The molecule has 6 atom stereocenters. The van der Waals surface area contributed by atoms with Gasteiger partial charge in [0.25, 0.3) is 0 Å². The fraction of sp³-hybridized carbons (Fsp3) is 0.743. The van der Waals surface area contributed by atoms with E-state index in [9.17, 15) is 27.9 Å². The molecule has 2 fully saturated rings. The molecule has 5 N–H and O–H groups in total. The average molecular weight is 678 g/mol. The van der Waals surface area contributed by atoms with E-state index < -0.39 is 56.2 Å². The van der Waals surface area contributed by atoms with E-state index in [-0.39, 0.29) is 31.5 Å². The summed E-state index contributed by atoms with van der Waals surface area (Å²) in [6, 6.07) is 6.77. The van der Waals surface area contributed by atoms with Crippen molar-refractivity contribution in [3.05, 3.63) is 35.9 Å². The van der Waals surface area contributed by atoms with Crippen LogP contribution in [-0.4, -0.2) is 103 Å². The molecule has 2 aliphatic rings. The lowest BCUT2D eigenvalue weighted by atomic mass is 9.72. The first kappa shape index (κ1) is 38.9. The van der Waals surface area contributed by atoms with Crippen molar-refractivity contribution in [3.8, 4) is 0 Å². The number of fused-ring (bicyclic) bond motifs is 1. The van der Waals surface area contributed by atoms with Gasteiger partial charge in [0.2, 0.25) is 17.7 Å². The molecule has 0 radical (unpaired) electrons. The smallest absolute Gasteiger partial charge is 0.244 e. The summed E-state index contributed by atoms with van der Waals surface area (Å²) in [6.45, 7) is 13.2. The highest BCUT2D eigenvalue weighted by molar-refractivity contribution is 7.92. The van der Waals surface area contributed by atoms with Gasteiger partial charge in [-0.3, -0.25) is 19.3 Å².